The van der Waals surface area contributed by atoms with Crippen molar-refractivity contribution in [2.75, 3.05) is 20.1 Å². The number of hydrogen-bond donors (Lipinski definition) is 0. The molecule has 1 aliphatic heterocycles. The molecule has 1 saturated heterocycles. The zero-order valence-corrected chi connectivity index (χ0v) is 13.8. The fourth-order valence-corrected chi connectivity index (χ4v) is 2.91. The van der Waals surface area contributed by atoms with Crippen LogP contribution in [0.3, 0.4) is 0 Å². The molecule has 2 amide bonds. The Morgan fingerprint density at radius 2 is 1.83 bits per heavy atom. The summed E-state index contributed by atoms with van der Waals surface area (Å²) in [6.07, 6.45) is 3.60. The predicted molar refractivity (Wildman–Crippen MR) is 91.6 cm³/mol. The van der Waals surface area contributed by atoms with E-state index in [0.717, 1.165) is 31.5 Å². The topological polar surface area (TPSA) is 53.5 Å². The minimum absolute atomic E-state index is 0.0899. The Kier molecular flexibility index (Phi) is 4.89. The van der Waals surface area contributed by atoms with Gasteiger partial charge < -0.3 is 9.80 Å². The second kappa shape index (κ2) is 7.25. The number of carbonyl (C=O) groups excluding carboxylic acids is 2. The van der Waals surface area contributed by atoms with Crippen LogP contribution >= 0.6 is 0 Å². The zero-order chi connectivity index (χ0) is 16.9. The standard InChI is InChI=1S/C19H21N3O2/c1-21(14-15-7-3-2-4-8-15)18(23)16-9-10-20-17(13-16)19(24)22-11-5-6-12-22/h2-4,7-10,13H,5-6,11-12,14H2,1H3. The normalized spacial score (nSPS) is 13.8. The number of aromatic nitrogens is 1. The molecule has 1 aromatic heterocycles. The van der Waals surface area contributed by atoms with Gasteiger partial charge >= 0.3 is 0 Å². The molecular formula is C19H21N3O2. The van der Waals surface area contributed by atoms with Gasteiger partial charge in [-0.3, -0.25) is 14.6 Å². The number of amides is 2. The Hall–Kier alpha value is -2.69. The third-order valence-corrected chi connectivity index (χ3v) is 4.23. The maximum atomic E-state index is 12.6. The van der Waals surface area contributed by atoms with Crippen molar-refractivity contribution < 1.29 is 9.59 Å². The Labute approximate surface area is 141 Å². The van der Waals surface area contributed by atoms with Crippen LogP contribution in [0.25, 0.3) is 0 Å². The summed E-state index contributed by atoms with van der Waals surface area (Å²) in [7, 11) is 1.76. The molecular weight excluding hydrogens is 302 g/mol. The summed E-state index contributed by atoms with van der Waals surface area (Å²) in [6.45, 7) is 2.07. The molecule has 1 aromatic carbocycles. The van der Waals surface area contributed by atoms with Crippen LogP contribution in [0.4, 0.5) is 0 Å². The van der Waals surface area contributed by atoms with E-state index in [4.69, 9.17) is 0 Å². The van der Waals surface area contributed by atoms with Gasteiger partial charge in [-0.05, 0) is 30.5 Å². The fraction of sp³-hybridized carbons (Fsp3) is 0.316. The lowest BCUT2D eigenvalue weighted by Crippen LogP contribution is -2.29. The van der Waals surface area contributed by atoms with Crippen molar-refractivity contribution in [2.45, 2.75) is 19.4 Å². The molecule has 124 valence electrons. The Morgan fingerprint density at radius 1 is 1.12 bits per heavy atom. The van der Waals surface area contributed by atoms with Crippen LogP contribution in [0.2, 0.25) is 0 Å². The molecule has 0 radical (unpaired) electrons. The quantitative estimate of drug-likeness (QED) is 0.869. The molecule has 0 spiro atoms. The molecule has 5 heteroatoms. The van der Waals surface area contributed by atoms with E-state index in [-0.39, 0.29) is 11.8 Å². The van der Waals surface area contributed by atoms with Gasteiger partial charge in [0.25, 0.3) is 11.8 Å². The molecule has 24 heavy (non-hydrogen) atoms. The highest BCUT2D eigenvalue weighted by Gasteiger charge is 2.22. The fourth-order valence-electron chi connectivity index (χ4n) is 2.91. The first-order valence-electron chi connectivity index (χ1n) is 8.20. The van der Waals surface area contributed by atoms with Gasteiger partial charge in [-0.2, -0.15) is 0 Å². The van der Waals surface area contributed by atoms with Crippen LogP contribution in [0.15, 0.2) is 48.7 Å². The number of benzene rings is 1. The van der Waals surface area contributed by atoms with E-state index in [0.29, 0.717) is 17.8 Å². The molecule has 0 N–H and O–H groups in total. The van der Waals surface area contributed by atoms with Gasteiger partial charge in [-0.25, -0.2) is 0 Å². The van der Waals surface area contributed by atoms with Crippen molar-refractivity contribution >= 4 is 11.8 Å². The lowest BCUT2D eigenvalue weighted by molar-refractivity contribution is 0.0783. The van der Waals surface area contributed by atoms with E-state index >= 15 is 0 Å². The average molecular weight is 323 g/mol. The highest BCUT2D eigenvalue weighted by atomic mass is 16.2. The van der Waals surface area contributed by atoms with Crippen molar-refractivity contribution in [3.05, 3.63) is 65.5 Å². The molecule has 5 nitrogen and oxygen atoms in total. The van der Waals surface area contributed by atoms with Crippen LogP contribution in [-0.4, -0.2) is 46.7 Å². The number of nitrogens with zero attached hydrogens (tertiary/aromatic N) is 3. The van der Waals surface area contributed by atoms with Crippen molar-refractivity contribution in [2.24, 2.45) is 0 Å². The number of hydrogen-bond acceptors (Lipinski definition) is 3. The summed E-state index contributed by atoms with van der Waals surface area (Å²) in [6, 6.07) is 13.1. The Balaban J connectivity index is 1.72. The number of rotatable bonds is 4. The van der Waals surface area contributed by atoms with Gasteiger partial charge in [-0.1, -0.05) is 30.3 Å². The first kappa shape index (κ1) is 16.2. The van der Waals surface area contributed by atoms with Crippen molar-refractivity contribution in [1.29, 1.82) is 0 Å². The number of carbonyl (C=O) groups is 2. The van der Waals surface area contributed by atoms with E-state index in [1.165, 1.54) is 6.20 Å². The smallest absolute Gasteiger partial charge is 0.272 e. The molecule has 0 aliphatic carbocycles. The van der Waals surface area contributed by atoms with Crippen LogP contribution < -0.4 is 0 Å². The van der Waals surface area contributed by atoms with Crippen molar-refractivity contribution in [3.8, 4) is 0 Å². The average Bonchev–Trinajstić information content (AvgIpc) is 3.16. The number of likely N-dealkylation sites (tertiary alicyclic amines) is 1. The minimum atomic E-state index is -0.114. The number of pyridine rings is 1. The lowest BCUT2D eigenvalue weighted by atomic mass is 10.1. The SMILES string of the molecule is CN(Cc1ccccc1)C(=O)c1ccnc(C(=O)N2CCCC2)c1. The highest BCUT2D eigenvalue weighted by Crippen LogP contribution is 2.14. The summed E-state index contributed by atoms with van der Waals surface area (Å²) in [5.74, 6) is -0.204. The third kappa shape index (κ3) is 3.62. The molecule has 2 aromatic rings. The minimum Gasteiger partial charge on any atom is -0.337 e. The summed E-state index contributed by atoms with van der Waals surface area (Å²) < 4.78 is 0. The van der Waals surface area contributed by atoms with Gasteiger partial charge in [0.2, 0.25) is 0 Å². The van der Waals surface area contributed by atoms with Gasteiger partial charge in [0.05, 0.1) is 0 Å². The molecule has 0 atom stereocenters. The van der Waals surface area contributed by atoms with Gasteiger partial charge in [0.1, 0.15) is 5.69 Å². The second-order valence-corrected chi connectivity index (χ2v) is 6.08. The first-order chi connectivity index (χ1) is 11.6. The largest absolute Gasteiger partial charge is 0.337 e. The zero-order valence-electron chi connectivity index (χ0n) is 13.8. The van der Waals surface area contributed by atoms with Crippen LogP contribution in [0, 0.1) is 0 Å². The van der Waals surface area contributed by atoms with Crippen molar-refractivity contribution in [1.82, 2.24) is 14.8 Å². The van der Waals surface area contributed by atoms with Crippen molar-refractivity contribution in [3.63, 3.8) is 0 Å². The van der Waals surface area contributed by atoms with Gasteiger partial charge in [0, 0.05) is 38.4 Å². The molecule has 0 bridgehead atoms. The summed E-state index contributed by atoms with van der Waals surface area (Å²) >= 11 is 0. The molecule has 1 fully saturated rings. The molecule has 0 unspecified atom stereocenters. The monoisotopic (exact) mass is 323 g/mol. The van der Waals surface area contributed by atoms with E-state index in [2.05, 4.69) is 4.98 Å². The van der Waals surface area contributed by atoms with E-state index < -0.39 is 0 Å². The predicted octanol–water partition coefficient (Wildman–Crippen LogP) is 2.59. The maximum absolute atomic E-state index is 12.6. The van der Waals surface area contributed by atoms with E-state index in [1.54, 1.807) is 29.0 Å². The Bertz CT molecular complexity index is 724. The van der Waals surface area contributed by atoms with Gasteiger partial charge in [-0.15, -0.1) is 0 Å². The summed E-state index contributed by atoms with van der Waals surface area (Å²) in [4.78, 5) is 32.6. The maximum Gasteiger partial charge on any atom is 0.272 e. The molecule has 3 rings (SSSR count). The second-order valence-electron chi connectivity index (χ2n) is 6.08. The highest BCUT2D eigenvalue weighted by molar-refractivity contribution is 5.98. The molecule has 0 saturated carbocycles. The first-order valence-corrected chi connectivity index (χ1v) is 8.20. The summed E-state index contributed by atoms with van der Waals surface area (Å²) in [5.41, 5.74) is 1.90. The van der Waals surface area contributed by atoms with Crippen LogP contribution in [0.5, 0.6) is 0 Å². The van der Waals surface area contributed by atoms with E-state index in [9.17, 15) is 9.59 Å². The Morgan fingerprint density at radius 3 is 2.54 bits per heavy atom. The molecule has 1 aliphatic rings. The van der Waals surface area contributed by atoms with Gasteiger partial charge in [0.15, 0.2) is 0 Å². The van der Waals surface area contributed by atoms with Crippen LogP contribution in [0.1, 0.15) is 39.3 Å². The molecule has 2 heterocycles. The van der Waals surface area contributed by atoms with E-state index in [1.807, 2.05) is 30.3 Å². The van der Waals surface area contributed by atoms with Crippen LogP contribution in [-0.2, 0) is 6.54 Å². The lowest BCUT2D eigenvalue weighted by Gasteiger charge is -2.18. The third-order valence-electron chi connectivity index (χ3n) is 4.23. The summed E-state index contributed by atoms with van der Waals surface area (Å²) in [5, 5.41) is 0.